The predicted octanol–water partition coefficient (Wildman–Crippen LogP) is 3.15. The molecule has 1 saturated carbocycles. The highest BCUT2D eigenvalue weighted by atomic mass is 32.2. The second kappa shape index (κ2) is 6.42. The SMILES string of the molecule is O=C(O)CSc1nc2ccc(N3C(=O)[C@@H]4CCCC[C@H]4C3=O)cc2s1. The van der Waals surface area contributed by atoms with Crippen LogP contribution >= 0.6 is 23.1 Å². The van der Waals surface area contributed by atoms with Gasteiger partial charge in [0.1, 0.15) is 0 Å². The molecule has 1 aromatic heterocycles. The molecule has 1 aliphatic heterocycles. The monoisotopic (exact) mass is 376 g/mol. The van der Waals surface area contributed by atoms with Crippen LogP contribution in [0, 0.1) is 11.8 Å². The number of carbonyl (C=O) groups is 3. The number of carboxylic acid groups (broad SMARTS) is 1. The Kier molecular flexibility index (Phi) is 4.24. The number of imide groups is 1. The van der Waals surface area contributed by atoms with Gasteiger partial charge in [0.15, 0.2) is 4.34 Å². The lowest BCUT2D eigenvalue weighted by Gasteiger charge is -2.19. The number of aromatic nitrogens is 1. The van der Waals surface area contributed by atoms with Crippen molar-refractivity contribution in [1.29, 1.82) is 0 Å². The summed E-state index contributed by atoms with van der Waals surface area (Å²) in [5.74, 6) is -1.43. The van der Waals surface area contributed by atoms with Crippen LogP contribution in [0.25, 0.3) is 10.2 Å². The zero-order chi connectivity index (χ0) is 17.6. The van der Waals surface area contributed by atoms with Gasteiger partial charge in [-0.2, -0.15) is 0 Å². The molecular weight excluding hydrogens is 360 g/mol. The molecule has 2 aliphatic rings. The molecule has 1 saturated heterocycles. The van der Waals surface area contributed by atoms with Crippen LogP contribution in [-0.4, -0.2) is 33.6 Å². The number of carboxylic acids is 1. The van der Waals surface area contributed by atoms with Crippen molar-refractivity contribution in [1.82, 2.24) is 4.98 Å². The number of benzene rings is 1. The Labute approximate surface area is 152 Å². The minimum Gasteiger partial charge on any atom is -0.481 e. The summed E-state index contributed by atoms with van der Waals surface area (Å²) >= 11 is 2.55. The summed E-state index contributed by atoms with van der Waals surface area (Å²) in [5, 5.41) is 8.77. The Bertz CT molecular complexity index is 855. The second-order valence-electron chi connectivity index (χ2n) is 6.32. The van der Waals surface area contributed by atoms with E-state index in [0.717, 1.165) is 35.9 Å². The summed E-state index contributed by atoms with van der Waals surface area (Å²) in [6.07, 6.45) is 3.60. The third-order valence-electron chi connectivity index (χ3n) is 4.77. The zero-order valence-corrected chi connectivity index (χ0v) is 14.9. The molecule has 25 heavy (non-hydrogen) atoms. The van der Waals surface area contributed by atoms with E-state index in [9.17, 15) is 14.4 Å². The van der Waals surface area contributed by atoms with Gasteiger partial charge in [-0.25, -0.2) is 4.98 Å². The largest absolute Gasteiger partial charge is 0.481 e. The van der Waals surface area contributed by atoms with E-state index >= 15 is 0 Å². The smallest absolute Gasteiger partial charge is 0.313 e. The average molecular weight is 376 g/mol. The third kappa shape index (κ3) is 2.93. The molecule has 130 valence electrons. The number of thiazole rings is 1. The fourth-order valence-electron chi connectivity index (χ4n) is 3.63. The quantitative estimate of drug-likeness (QED) is 0.651. The molecule has 6 nitrogen and oxygen atoms in total. The summed E-state index contributed by atoms with van der Waals surface area (Å²) in [5.41, 5.74) is 1.34. The van der Waals surface area contributed by atoms with Gasteiger partial charge in [0.05, 0.1) is 33.5 Å². The molecule has 2 amide bonds. The van der Waals surface area contributed by atoms with Gasteiger partial charge in [0, 0.05) is 0 Å². The number of nitrogens with zero attached hydrogens (tertiary/aromatic N) is 2. The molecule has 0 unspecified atom stereocenters. The lowest BCUT2D eigenvalue weighted by atomic mass is 9.81. The first kappa shape index (κ1) is 16.5. The number of aliphatic carboxylic acids is 1. The molecule has 1 N–H and O–H groups in total. The van der Waals surface area contributed by atoms with Crippen LogP contribution in [0.2, 0.25) is 0 Å². The van der Waals surface area contributed by atoms with Crippen LogP contribution in [0.5, 0.6) is 0 Å². The molecule has 2 heterocycles. The van der Waals surface area contributed by atoms with Crippen LogP contribution in [0.3, 0.4) is 0 Å². The molecule has 8 heteroatoms. The zero-order valence-electron chi connectivity index (χ0n) is 13.3. The Morgan fingerprint density at radius 1 is 1.24 bits per heavy atom. The van der Waals surface area contributed by atoms with Gasteiger partial charge in [-0.3, -0.25) is 19.3 Å². The number of thioether (sulfide) groups is 1. The van der Waals surface area contributed by atoms with E-state index in [0.29, 0.717) is 10.0 Å². The van der Waals surface area contributed by atoms with Crippen molar-refractivity contribution in [3.8, 4) is 0 Å². The van der Waals surface area contributed by atoms with Crippen molar-refractivity contribution in [2.75, 3.05) is 10.7 Å². The van der Waals surface area contributed by atoms with Gasteiger partial charge in [-0.05, 0) is 31.0 Å². The Morgan fingerprint density at radius 3 is 2.56 bits per heavy atom. The highest BCUT2D eigenvalue weighted by Gasteiger charge is 2.48. The van der Waals surface area contributed by atoms with Crippen LogP contribution in [0.1, 0.15) is 25.7 Å². The Balaban J connectivity index is 1.64. The summed E-state index contributed by atoms with van der Waals surface area (Å²) in [7, 11) is 0. The lowest BCUT2D eigenvalue weighted by Crippen LogP contribution is -2.30. The van der Waals surface area contributed by atoms with Crippen molar-refractivity contribution in [3.63, 3.8) is 0 Å². The van der Waals surface area contributed by atoms with E-state index in [1.807, 2.05) is 6.07 Å². The standard InChI is InChI=1S/C17H16N2O4S2/c20-14(21)8-24-17-18-12-6-5-9(7-13(12)25-17)19-15(22)10-3-1-2-4-11(10)16(19)23/h5-7,10-11H,1-4,8H2,(H,20,21)/t10-,11-/m1/s1. The third-order valence-corrected chi connectivity index (χ3v) is 6.92. The number of anilines is 1. The fraction of sp³-hybridized carbons (Fsp3) is 0.412. The molecule has 2 aromatic rings. The van der Waals surface area contributed by atoms with Crippen molar-refractivity contribution < 1.29 is 19.5 Å². The molecule has 0 radical (unpaired) electrons. The maximum absolute atomic E-state index is 12.7. The van der Waals surface area contributed by atoms with E-state index in [1.165, 1.54) is 28.0 Å². The van der Waals surface area contributed by atoms with Crippen LogP contribution in [-0.2, 0) is 14.4 Å². The molecule has 2 atom stereocenters. The van der Waals surface area contributed by atoms with Crippen LogP contribution in [0.4, 0.5) is 5.69 Å². The fourth-order valence-corrected chi connectivity index (χ4v) is 5.45. The molecule has 1 aliphatic carbocycles. The number of hydrogen-bond donors (Lipinski definition) is 1. The van der Waals surface area contributed by atoms with E-state index in [2.05, 4.69) is 4.98 Å². The second-order valence-corrected chi connectivity index (χ2v) is 8.58. The Morgan fingerprint density at radius 2 is 1.92 bits per heavy atom. The maximum atomic E-state index is 12.7. The predicted molar refractivity (Wildman–Crippen MR) is 95.9 cm³/mol. The summed E-state index contributed by atoms with van der Waals surface area (Å²) in [6, 6.07) is 5.35. The molecule has 2 fully saturated rings. The van der Waals surface area contributed by atoms with Gasteiger partial charge in [-0.15, -0.1) is 11.3 Å². The number of carbonyl (C=O) groups excluding carboxylic acids is 2. The average Bonchev–Trinajstić information content (AvgIpc) is 3.12. The number of fused-ring (bicyclic) bond motifs is 2. The van der Waals surface area contributed by atoms with E-state index in [-0.39, 0.29) is 29.4 Å². The van der Waals surface area contributed by atoms with Crippen LogP contribution < -0.4 is 4.90 Å². The molecule has 0 spiro atoms. The number of amides is 2. The number of hydrogen-bond acceptors (Lipinski definition) is 6. The number of rotatable bonds is 4. The summed E-state index contributed by atoms with van der Waals surface area (Å²) in [4.78, 5) is 41.8. The van der Waals surface area contributed by atoms with Gasteiger partial charge in [0.2, 0.25) is 11.8 Å². The van der Waals surface area contributed by atoms with Crippen molar-refractivity contribution in [2.24, 2.45) is 11.8 Å². The van der Waals surface area contributed by atoms with Gasteiger partial charge < -0.3 is 5.11 Å². The van der Waals surface area contributed by atoms with E-state index in [1.54, 1.807) is 12.1 Å². The highest BCUT2D eigenvalue weighted by molar-refractivity contribution is 8.01. The molecule has 1 aromatic carbocycles. The van der Waals surface area contributed by atoms with E-state index < -0.39 is 5.97 Å². The van der Waals surface area contributed by atoms with Gasteiger partial charge >= 0.3 is 5.97 Å². The van der Waals surface area contributed by atoms with E-state index in [4.69, 9.17) is 5.11 Å². The minimum absolute atomic E-state index is 0.0425. The topological polar surface area (TPSA) is 87.6 Å². The molecular formula is C17H16N2O4S2. The van der Waals surface area contributed by atoms with Gasteiger partial charge in [-0.1, -0.05) is 24.6 Å². The van der Waals surface area contributed by atoms with Crippen molar-refractivity contribution >= 4 is 56.8 Å². The van der Waals surface area contributed by atoms with Crippen LogP contribution in [0.15, 0.2) is 22.5 Å². The highest BCUT2D eigenvalue weighted by Crippen LogP contribution is 2.41. The Hall–Kier alpha value is -1.93. The van der Waals surface area contributed by atoms with Gasteiger partial charge in [0.25, 0.3) is 0 Å². The minimum atomic E-state index is -0.888. The maximum Gasteiger partial charge on any atom is 0.313 e. The van der Waals surface area contributed by atoms with Crippen molar-refractivity contribution in [3.05, 3.63) is 18.2 Å². The summed E-state index contributed by atoms with van der Waals surface area (Å²) < 4.78 is 1.52. The molecule has 0 bridgehead atoms. The van der Waals surface area contributed by atoms with Crippen molar-refractivity contribution in [2.45, 2.75) is 30.0 Å². The first-order valence-corrected chi connectivity index (χ1v) is 9.98. The molecule has 4 rings (SSSR count). The summed E-state index contributed by atoms with van der Waals surface area (Å²) in [6.45, 7) is 0. The normalized spacial score (nSPS) is 23.3. The lowest BCUT2D eigenvalue weighted by molar-refractivity contribution is -0.134. The first-order valence-electron chi connectivity index (χ1n) is 8.17. The first-order chi connectivity index (χ1) is 12.0.